The van der Waals surface area contributed by atoms with Crippen molar-refractivity contribution < 1.29 is 8.42 Å². The molecule has 0 saturated heterocycles. The Kier molecular flexibility index (Phi) is 5.51. The molecule has 0 aliphatic heterocycles. The van der Waals surface area contributed by atoms with Crippen molar-refractivity contribution in [3.63, 3.8) is 0 Å². The Morgan fingerprint density at radius 3 is 2.50 bits per heavy atom. The number of hydrogen-bond donors (Lipinski definition) is 1. The first-order valence-corrected chi connectivity index (χ1v) is 9.69. The topological polar surface area (TPSA) is 81.1 Å². The second-order valence-corrected chi connectivity index (χ2v) is 7.73. The van der Waals surface area contributed by atoms with Gasteiger partial charge < -0.3 is 0 Å². The van der Waals surface area contributed by atoms with Crippen molar-refractivity contribution in [1.29, 1.82) is 0 Å². The lowest BCUT2D eigenvalue weighted by Crippen LogP contribution is -2.30. The van der Waals surface area contributed by atoms with E-state index in [0.29, 0.717) is 10.7 Å². The quantitative estimate of drug-likeness (QED) is 0.702. The summed E-state index contributed by atoms with van der Waals surface area (Å²) in [4.78, 5) is 16.6. The first-order chi connectivity index (χ1) is 12.5. The molecule has 0 amide bonds. The van der Waals surface area contributed by atoms with Crippen LogP contribution in [-0.2, 0) is 16.6 Å². The predicted octanol–water partition coefficient (Wildman–Crippen LogP) is 2.54. The maximum Gasteiger partial charge on any atom is 0.253 e. The number of aromatic nitrogens is 2. The Bertz CT molecular complexity index is 1070. The maximum atomic E-state index is 12.2. The summed E-state index contributed by atoms with van der Waals surface area (Å²) in [5.41, 5.74) is 1.17. The van der Waals surface area contributed by atoms with Crippen molar-refractivity contribution in [2.24, 2.45) is 0 Å². The number of sulfonamides is 1. The van der Waals surface area contributed by atoms with Gasteiger partial charge in [0.2, 0.25) is 10.0 Å². The summed E-state index contributed by atoms with van der Waals surface area (Å²) in [6.07, 6.45) is 1.42. The molecule has 0 saturated carbocycles. The van der Waals surface area contributed by atoms with Crippen LogP contribution >= 0.6 is 11.6 Å². The first-order valence-electron chi connectivity index (χ1n) is 7.83. The van der Waals surface area contributed by atoms with E-state index in [9.17, 15) is 13.2 Å². The van der Waals surface area contributed by atoms with Gasteiger partial charge in [0.15, 0.2) is 0 Å². The second-order valence-electron chi connectivity index (χ2n) is 5.53. The van der Waals surface area contributed by atoms with Crippen molar-refractivity contribution in [1.82, 2.24) is 14.3 Å². The van der Waals surface area contributed by atoms with Gasteiger partial charge in [-0.2, -0.15) is 0 Å². The summed E-state index contributed by atoms with van der Waals surface area (Å²) in [5, 5.41) is 0.338. The number of hydrogen-bond acceptors (Lipinski definition) is 4. The number of benzene rings is 2. The van der Waals surface area contributed by atoms with E-state index in [-0.39, 0.29) is 23.5 Å². The molecule has 2 aromatic carbocycles. The van der Waals surface area contributed by atoms with E-state index in [4.69, 9.17) is 11.6 Å². The van der Waals surface area contributed by atoms with E-state index in [1.54, 1.807) is 12.1 Å². The standard InChI is InChI=1S/C18H16ClN3O3S/c19-15-7-4-8-16(11-15)26(24,25)21-9-10-22-13-20-17(12-18(22)23)14-5-2-1-3-6-14/h1-8,11-13,21H,9-10H2. The lowest BCUT2D eigenvalue weighted by molar-refractivity contribution is 0.569. The Hall–Kier alpha value is -2.48. The van der Waals surface area contributed by atoms with Gasteiger partial charge in [0.25, 0.3) is 5.56 Å². The van der Waals surface area contributed by atoms with Gasteiger partial charge in [-0.05, 0) is 18.2 Å². The van der Waals surface area contributed by atoms with Gasteiger partial charge in [-0.1, -0.05) is 48.0 Å². The van der Waals surface area contributed by atoms with Gasteiger partial charge in [-0.25, -0.2) is 18.1 Å². The third-order valence-corrected chi connectivity index (χ3v) is 5.39. The first kappa shape index (κ1) is 18.3. The normalized spacial score (nSPS) is 11.4. The Morgan fingerprint density at radius 2 is 1.81 bits per heavy atom. The highest BCUT2D eigenvalue weighted by Gasteiger charge is 2.13. The van der Waals surface area contributed by atoms with Crippen LogP contribution in [0.3, 0.4) is 0 Å². The lowest BCUT2D eigenvalue weighted by Gasteiger charge is -2.09. The van der Waals surface area contributed by atoms with Crippen LogP contribution < -0.4 is 10.3 Å². The number of nitrogens with one attached hydrogen (secondary N) is 1. The van der Waals surface area contributed by atoms with Gasteiger partial charge in [-0.3, -0.25) is 9.36 Å². The van der Waals surface area contributed by atoms with Crippen LogP contribution in [0.25, 0.3) is 11.3 Å². The molecule has 0 atom stereocenters. The number of nitrogens with zero attached hydrogens (tertiary/aromatic N) is 2. The molecule has 0 bridgehead atoms. The molecular formula is C18H16ClN3O3S. The van der Waals surface area contributed by atoms with Crippen LogP contribution in [0.4, 0.5) is 0 Å². The van der Waals surface area contributed by atoms with Crippen LogP contribution in [0.1, 0.15) is 0 Å². The highest BCUT2D eigenvalue weighted by molar-refractivity contribution is 7.89. The van der Waals surface area contributed by atoms with Crippen LogP contribution in [0.15, 0.2) is 76.7 Å². The summed E-state index contributed by atoms with van der Waals surface area (Å²) in [6.45, 7) is 0.224. The minimum absolute atomic E-state index is 0.0567. The molecule has 0 radical (unpaired) electrons. The molecular weight excluding hydrogens is 374 g/mol. The zero-order valence-electron chi connectivity index (χ0n) is 13.7. The molecule has 0 spiro atoms. The molecule has 3 aromatic rings. The summed E-state index contributed by atoms with van der Waals surface area (Å²) in [6, 6.07) is 16.8. The fraction of sp³-hybridized carbons (Fsp3) is 0.111. The Balaban J connectivity index is 1.68. The van der Waals surface area contributed by atoms with Gasteiger partial charge in [-0.15, -0.1) is 0 Å². The molecule has 0 fully saturated rings. The molecule has 1 heterocycles. The van der Waals surface area contributed by atoms with E-state index in [0.717, 1.165) is 5.56 Å². The average Bonchev–Trinajstić information content (AvgIpc) is 2.64. The molecule has 0 aliphatic carbocycles. The maximum absolute atomic E-state index is 12.2. The molecule has 1 N–H and O–H groups in total. The summed E-state index contributed by atoms with van der Waals surface area (Å²) >= 11 is 5.82. The van der Waals surface area contributed by atoms with Crippen LogP contribution in [0.5, 0.6) is 0 Å². The SMILES string of the molecule is O=c1cc(-c2ccccc2)ncn1CCNS(=O)(=O)c1cccc(Cl)c1. The van der Waals surface area contributed by atoms with Gasteiger partial charge >= 0.3 is 0 Å². The molecule has 0 aliphatic rings. The smallest absolute Gasteiger partial charge is 0.253 e. The Labute approximate surface area is 156 Å². The summed E-state index contributed by atoms with van der Waals surface area (Å²) < 4.78 is 28.3. The fourth-order valence-corrected chi connectivity index (χ4v) is 3.70. The molecule has 26 heavy (non-hydrogen) atoms. The highest BCUT2D eigenvalue weighted by atomic mass is 35.5. The van der Waals surface area contributed by atoms with Crippen molar-refractivity contribution in [2.45, 2.75) is 11.4 Å². The lowest BCUT2D eigenvalue weighted by atomic mass is 10.1. The molecule has 0 unspecified atom stereocenters. The van der Waals surface area contributed by atoms with E-state index in [1.807, 2.05) is 30.3 Å². The van der Waals surface area contributed by atoms with E-state index in [2.05, 4.69) is 9.71 Å². The monoisotopic (exact) mass is 389 g/mol. The molecule has 134 valence electrons. The van der Waals surface area contributed by atoms with Gasteiger partial charge in [0.05, 0.1) is 16.9 Å². The van der Waals surface area contributed by atoms with Gasteiger partial charge in [0, 0.05) is 29.7 Å². The zero-order valence-corrected chi connectivity index (χ0v) is 15.2. The molecule has 6 nitrogen and oxygen atoms in total. The van der Waals surface area contributed by atoms with Crippen molar-refractivity contribution in [3.05, 3.63) is 82.4 Å². The number of rotatable bonds is 6. The minimum Gasteiger partial charge on any atom is -0.298 e. The average molecular weight is 390 g/mol. The highest BCUT2D eigenvalue weighted by Crippen LogP contribution is 2.15. The summed E-state index contributed by atoms with van der Waals surface area (Å²) in [7, 11) is -3.69. The third-order valence-electron chi connectivity index (χ3n) is 3.70. The van der Waals surface area contributed by atoms with E-state index in [1.165, 1.54) is 29.1 Å². The third kappa shape index (κ3) is 4.37. The second kappa shape index (κ2) is 7.82. The minimum atomic E-state index is -3.69. The van der Waals surface area contributed by atoms with Crippen molar-refractivity contribution in [2.75, 3.05) is 6.54 Å². The van der Waals surface area contributed by atoms with E-state index >= 15 is 0 Å². The van der Waals surface area contributed by atoms with Gasteiger partial charge in [0.1, 0.15) is 0 Å². The molecule has 3 rings (SSSR count). The van der Waals surface area contributed by atoms with Crippen LogP contribution in [-0.4, -0.2) is 24.5 Å². The van der Waals surface area contributed by atoms with E-state index < -0.39 is 10.0 Å². The van der Waals surface area contributed by atoms with Crippen molar-refractivity contribution in [3.8, 4) is 11.3 Å². The van der Waals surface area contributed by atoms with Crippen LogP contribution in [0.2, 0.25) is 5.02 Å². The Morgan fingerprint density at radius 1 is 1.04 bits per heavy atom. The summed E-state index contributed by atoms with van der Waals surface area (Å²) in [5.74, 6) is 0. The fourth-order valence-electron chi connectivity index (χ4n) is 2.38. The molecule has 8 heteroatoms. The largest absolute Gasteiger partial charge is 0.298 e. The van der Waals surface area contributed by atoms with Crippen molar-refractivity contribution >= 4 is 21.6 Å². The zero-order chi connectivity index (χ0) is 18.6. The van der Waals surface area contributed by atoms with Crippen LogP contribution in [0, 0.1) is 0 Å². The molecule has 1 aromatic heterocycles. The number of halogens is 1. The predicted molar refractivity (Wildman–Crippen MR) is 101 cm³/mol.